The minimum atomic E-state index is -1.09. The highest BCUT2D eigenvalue weighted by Gasteiger charge is 2.37. The number of methoxy groups -OCH3 is 1. The van der Waals surface area contributed by atoms with Gasteiger partial charge in [-0.05, 0) is 68.1 Å². The van der Waals surface area contributed by atoms with Gasteiger partial charge in [-0.2, -0.15) is 0 Å². The van der Waals surface area contributed by atoms with Crippen molar-refractivity contribution in [2.75, 3.05) is 7.11 Å². The number of aromatic nitrogens is 1. The maximum absolute atomic E-state index is 12.9. The Bertz CT molecular complexity index is 1290. The van der Waals surface area contributed by atoms with Crippen LogP contribution in [0.1, 0.15) is 52.1 Å². The lowest BCUT2D eigenvalue weighted by atomic mass is 9.88. The van der Waals surface area contributed by atoms with E-state index >= 15 is 0 Å². The van der Waals surface area contributed by atoms with E-state index in [-0.39, 0.29) is 5.92 Å². The van der Waals surface area contributed by atoms with Crippen LogP contribution in [0.15, 0.2) is 48.5 Å². The van der Waals surface area contributed by atoms with E-state index in [1.807, 2.05) is 70.2 Å². The third-order valence-electron chi connectivity index (χ3n) is 6.36. The zero-order valence-corrected chi connectivity index (χ0v) is 23.2. The third-order valence-corrected chi connectivity index (χ3v) is 6.92. The maximum atomic E-state index is 12.9. The van der Waals surface area contributed by atoms with Crippen LogP contribution in [0.4, 0.5) is 0 Å². The molecule has 2 unspecified atom stereocenters. The van der Waals surface area contributed by atoms with Crippen LogP contribution >= 0.6 is 23.2 Å². The Morgan fingerprint density at radius 1 is 1.16 bits per heavy atom. The Hall–Kier alpha value is -2.80. The third kappa shape index (κ3) is 6.20. The molecular weight excluding hydrogens is 511 g/mol. The molecule has 0 saturated heterocycles. The van der Waals surface area contributed by atoms with E-state index in [4.69, 9.17) is 37.7 Å². The molecule has 8 heteroatoms. The molecule has 1 amide bonds. The first kappa shape index (κ1) is 27.2. The van der Waals surface area contributed by atoms with Crippen LogP contribution in [0, 0.1) is 5.92 Å². The van der Waals surface area contributed by atoms with Crippen LogP contribution in [0.3, 0.4) is 0 Å². The van der Waals surface area contributed by atoms with Gasteiger partial charge in [0.2, 0.25) is 11.8 Å². The van der Waals surface area contributed by atoms with Crippen molar-refractivity contribution in [2.45, 2.75) is 58.3 Å². The van der Waals surface area contributed by atoms with E-state index in [2.05, 4.69) is 5.32 Å². The van der Waals surface area contributed by atoms with E-state index < -0.39 is 23.7 Å². The van der Waals surface area contributed by atoms with E-state index in [0.29, 0.717) is 40.2 Å². The standard InChI is InChI=1S/C29H32Cl2N2O4/c1-16(2)12-25(34)27(35)32-24-15-29(3,4)37-28-22(24)14-21(17-6-8-18(30)9-7-17)26(33-28)20-11-10-19(36-5)13-23(20)31/h6-11,13-14,16,24-25,34H,12,15H2,1-5H3,(H,32,35). The molecule has 0 saturated carbocycles. The number of nitrogens with zero attached hydrogens (tertiary/aromatic N) is 1. The van der Waals surface area contributed by atoms with Crippen LogP contribution in [0.5, 0.6) is 11.6 Å². The first-order valence-corrected chi connectivity index (χ1v) is 13.0. The number of ether oxygens (including phenoxy) is 2. The first-order chi connectivity index (χ1) is 17.5. The molecule has 1 aliphatic rings. The molecule has 2 atom stereocenters. The number of aliphatic hydroxyl groups excluding tert-OH is 1. The van der Waals surface area contributed by atoms with E-state index in [1.54, 1.807) is 13.2 Å². The number of halogens is 2. The second-order valence-corrected chi connectivity index (χ2v) is 11.2. The van der Waals surface area contributed by atoms with Gasteiger partial charge in [0.25, 0.3) is 0 Å². The summed E-state index contributed by atoms with van der Waals surface area (Å²) in [6.07, 6.45) is -0.186. The van der Waals surface area contributed by atoms with Crippen molar-refractivity contribution in [1.29, 1.82) is 0 Å². The van der Waals surface area contributed by atoms with Crippen LogP contribution < -0.4 is 14.8 Å². The molecule has 3 aromatic rings. The largest absolute Gasteiger partial charge is 0.497 e. The fraction of sp³-hybridized carbons (Fsp3) is 0.379. The highest BCUT2D eigenvalue weighted by Crippen LogP contribution is 2.45. The van der Waals surface area contributed by atoms with Crippen LogP contribution in [0.2, 0.25) is 10.0 Å². The van der Waals surface area contributed by atoms with Crippen molar-refractivity contribution in [1.82, 2.24) is 10.3 Å². The number of hydrogen-bond donors (Lipinski definition) is 2. The van der Waals surface area contributed by atoms with E-state index in [0.717, 1.165) is 22.3 Å². The molecule has 0 fully saturated rings. The fourth-order valence-corrected chi connectivity index (χ4v) is 4.95. The summed E-state index contributed by atoms with van der Waals surface area (Å²) >= 11 is 12.8. The van der Waals surface area contributed by atoms with Gasteiger partial charge in [0.1, 0.15) is 17.5 Å². The average Bonchev–Trinajstić information content (AvgIpc) is 2.82. The average molecular weight is 543 g/mol. The zero-order valence-electron chi connectivity index (χ0n) is 21.6. The van der Waals surface area contributed by atoms with E-state index in [9.17, 15) is 9.90 Å². The molecule has 0 radical (unpaired) electrons. The first-order valence-electron chi connectivity index (χ1n) is 12.3. The lowest BCUT2D eigenvalue weighted by molar-refractivity contribution is -0.131. The van der Waals surface area contributed by atoms with Gasteiger partial charge in [-0.15, -0.1) is 0 Å². The summed E-state index contributed by atoms with van der Waals surface area (Å²) in [5.41, 5.74) is 3.20. The van der Waals surface area contributed by atoms with Gasteiger partial charge in [0, 0.05) is 28.1 Å². The number of amides is 1. The second kappa shape index (κ2) is 10.9. The quantitative estimate of drug-likeness (QED) is 0.341. The van der Waals surface area contributed by atoms with Gasteiger partial charge in [0.05, 0.1) is 23.9 Å². The van der Waals surface area contributed by atoms with Crippen molar-refractivity contribution < 1.29 is 19.4 Å². The Kier molecular flexibility index (Phi) is 8.02. The Labute approximate surface area is 227 Å². The maximum Gasteiger partial charge on any atom is 0.249 e. The SMILES string of the molecule is COc1ccc(-c2nc3c(cc2-c2ccc(Cl)cc2)C(NC(=O)C(O)CC(C)C)CC(C)(C)O3)c(Cl)c1. The van der Waals surface area contributed by atoms with Gasteiger partial charge >= 0.3 is 0 Å². The van der Waals surface area contributed by atoms with Crippen molar-refractivity contribution in [3.63, 3.8) is 0 Å². The Morgan fingerprint density at radius 2 is 1.86 bits per heavy atom. The molecule has 196 valence electrons. The van der Waals surface area contributed by atoms with Crippen LogP contribution in [-0.4, -0.2) is 34.8 Å². The van der Waals surface area contributed by atoms with Crippen LogP contribution in [0.25, 0.3) is 22.4 Å². The topological polar surface area (TPSA) is 80.7 Å². The molecule has 1 aliphatic heterocycles. The van der Waals surface area contributed by atoms with E-state index in [1.165, 1.54) is 0 Å². The fourth-order valence-electron chi connectivity index (χ4n) is 4.57. The predicted octanol–water partition coefficient (Wildman–Crippen LogP) is 6.86. The molecule has 2 N–H and O–H groups in total. The van der Waals surface area contributed by atoms with Crippen molar-refractivity contribution in [3.8, 4) is 34.0 Å². The lowest BCUT2D eigenvalue weighted by Crippen LogP contribution is -2.44. The molecule has 2 heterocycles. The number of benzene rings is 2. The molecule has 37 heavy (non-hydrogen) atoms. The Morgan fingerprint density at radius 3 is 2.49 bits per heavy atom. The highest BCUT2D eigenvalue weighted by molar-refractivity contribution is 6.33. The van der Waals surface area contributed by atoms with Crippen molar-refractivity contribution in [3.05, 3.63) is 64.1 Å². The number of pyridine rings is 1. The summed E-state index contributed by atoms with van der Waals surface area (Å²) in [6, 6.07) is 14.5. The molecular formula is C29H32Cl2N2O4. The summed E-state index contributed by atoms with van der Waals surface area (Å²) in [6.45, 7) is 7.85. The minimum Gasteiger partial charge on any atom is -0.497 e. The second-order valence-electron chi connectivity index (χ2n) is 10.4. The summed E-state index contributed by atoms with van der Waals surface area (Å²) < 4.78 is 11.6. The summed E-state index contributed by atoms with van der Waals surface area (Å²) in [4.78, 5) is 17.8. The number of carbonyl (C=O) groups excluding carboxylic acids is 1. The van der Waals surface area contributed by atoms with Crippen molar-refractivity contribution >= 4 is 29.1 Å². The Balaban J connectivity index is 1.86. The monoisotopic (exact) mass is 542 g/mol. The molecule has 4 rings (SSSR count). The lowest BCUT2D eigenvalue weighted by Gasteiger charge is -2.38. The number of rotatable bonds is 7. The molecule has 0 bridgehead atoms. The van der Waals surface area contributed by atoms with Gasteiger partial charge in [-0.3, -0.25) is 4.79 Å². The number of carbonyl (C=O) groups is 1. The molecule has 0 spiro atoms. The number of nitrogens with one attached hydrogen (secondary N) is 1. The number of hydrogen-bond acceptors (Lipinski definition) is 5. The van der Waals surface area contributed by atoms with Crippen molar-refractivity contribution in [2.24, 2.45) is 5.92 Å². The zero-order chi connectivity index (χ0) is 26.9. The summed E-state index contributed by atoms with van der Waals surface area (Å²) in [5, 5.41) is 14.6. The van der Waals surface area contributed by atoms with Crippen LogP contribution in [-0.2, 0) is 4.79 Å². The van der Waals surface area contributed by atoms with Gasteiger partial charge in [-0.1, -0.05) is 49.2 Å². The highest BCUT2D eigenvalue weighted by atomic mass is 35.5. The summed E-state index contributed by atoms with van der Waals surface area (Å²) in [7, 11) is 1.59. The van der Waals surface area contributed by atoms with Gasteiger partial charge in [-0.25, -0.2) is 4.98 Å². The van der Waals surface area contributed by atoms with Gasteiger partial charge in [0.15, 0.2) is 0 Å². The summed E-state index contributed by atoms with van der Waals surface area (Å²) in [5.74, 6) is 0.839. The number of fused-ring (bicyclic) bond motifs is 1. The minimum absolute atomic E-state index is 0.189. The smallest absolute Gasteiger partial charge is 0.249 e. The van der Waals surface area contributed by atoms with Gasteiger partial charge < -0.3 is 19.9 Å². The molecule has 6 nitrogen and oxygen atoms in total. The number of aliphatic hydroxyl groups is 1. The molecule has 1 aromatic heterocycles. The molecule has 2 aromatic carbocycles. The predicted molar refractivity (Wildman–Crippen MR) is 147 cm³/mol. The molecule has 0 aliphatic carbocycles. The normalized spacial score (nSPS) is 17.1.